The molecule has 0 unspecified atom stereocenters. The molecule has 0 spiro atoms. The fourth-order valence-electron chi connectivity index (χ4n) is 2.39. The summed E-state index contributed by atoms with van der Waals surface area (Å²) in [6.07, 6.45) is 2.91. The van der Waals surface area contributed by atoms with E-state index in [2.05, 4.69) is 0 Å². The van der Waals surface area contributed by atoms with Gasteiger partial charge in [0.05, 0.1) is 11.8 Å². The molecule has 1 aliphatic rings. The first-order chi connectivity index (χ1) is 10.1. The average Bonchev–Trinajstić information content (AvgIpc) is 3.17. The highest BCUT2D eigenvalue weighted by atomic mass is 16.3. The van der Waals surface area contributed by atoms with E-state index in [9.17, 15) is 9.59 Å². The molecule has 0 bridgehead atoms. The molecular weight excluding hydrogens is 272 g/mol. The third-order valence-corrected chi connectivity index (χ3v) is 3.57. The molecule has 6 nitrogen and oxygen atoms in total. The van der Waals surface area contributed by atoms with Gasteiger partial charge in [-0.2, -0.15) is 0 Å². The van der Waals surface area contributed by atoms with Crippen LogP contribution in [0.25, 0.3) is 0 Å². The van der Waals surface area contributed by atoms with Crippen molar-refractivity contribution < 1.29 is 18.4 Å². The van der Waals surface area contributed by atoms with Crippen molar-refractivity contribution in [1.82, 2.24) is 9.80 Å². The van der Waals surface area contributed by atoms with E-state index >= 15 is 0 Å². The molecule has 0 saturated carbocycles. The van der Waals surface area contributed by atoms with Crippen LogP contribution in [0.4, 0.5) is 0 Å². The lowest BCUT2D eigenvalue weighted by Gasteiger charge is -2.34. The molecule has 2 amide bonds. The van der Waals surface area contributed by atoms with Gasteiger partial charge in [-0.3, -0.25) is 9.59 Å². The largest absolute Gasteiger partial charge is 0.472 e. The molecule has 3 rings (SSSR count). The summed E-state index contributed by atoms with van der Waals surface area (Å²) in [5.41, 5.74) is 0.538. The van der Waals surface area contributed by atoms with E-state index in [1.165, 1.54) is 12.5 Å². The van der Waals surface area contributed by atoms with Gasteiger partial charge in [0.2, 0.25) is 0 Å². The predicted octanol–water partition coefficient (Wildman–Crippen LogP) is 1.78. The van der Waals surface area contributed by atoms with Gasteiger partial charge in [0.25, 0.3) is 11.8 Å². The summed E-state index contributed by atoms with van der Waals surface area (Å²) in [5.74, 6) is 0.873. The summed E-state index contributed by atoms with van der Waals surface area (Å²) in [6.45, 7) is 3.83. The first kappa shape index (κ1) is 13.5. The zero-order chi connectivity index (χ0) is 14.8. The fourth-order valence-corrected chi connectivity index (χ4v) is 2.39. The minimum Gasteiger partial charge on any atom is -0.472 e. The van der Waals surface area contributed by atoms with Crippen molar-refractivity contribution in [3.63, 3.8) is 0 Å². The molecule has 110 valence electrons. The van der Waals surface area contributed by atoms with Crippen LogP contribution in [0.3, 0.4) is 0 Å². The van der Waals surface area contributed by atoms with Crippen LogP contribution >= 0.6 is 0 Å². The molecule has 1 saturated heterocycles. The molecule has 2 aromatic heterocycles. The molecule has 0 aromatic carbocycles. The molecular formula is C15H16N2O4. The zero-order valence-corrected chi connectivity index (χ0v) is 11.7. The third-order valence-electron chi connectivity index (χ3n) is 3.57. The van der Waals surface area contributed by atoms with Crippen LogP contribution in [0.15, 0.2) is 39.6 Å². The first-order valence-corrected chi connectivity index (χ1v) is 6.82. The fraction of sp³-hybridized carbons (Fsp3) is 0.333. The highest BCUT2D eigenvalue weighted by molar-refractivity contribution is 5.94. The molecule has 2 aromatic rings. The lowest BCUT2D eigenvalue weighted by molar-refractivity contribution is 0.0517. The van der Waals surface area contributed by atoms with Crippen molar-refractivity contribution in [2.24, 2.45) is 0 Å². The number of aryl methyl sites for hydroxylation is 1. The molecule has 1 aliphatic heterocycles. The van der Waals surface area contributed by atoms with Gasteiger partial charge in [0.1, 0.15) is 12.0 Å². The second-order valence-corrected chi connectivity index (χ2v) is 5.01. The monoisotopic (exact) mass is 288 g/mol. The summed E-state index contributed by atoms with van der Waals surface area (Å²) >= 11 is 0. The van der Waals surface area contributed by atoms with Gasteiger partial charge >= 0.3 is 0 Å². The van der Waals surface area contributed by atoms with Crippen LogP contribution in [0.5, 0.6) is 0 Å². The van der Waals surface area contributed by atoms with Gasteiger partial charge < -0.3 is 18.6 Å². The third kappa shape index (κ3) is 2.69. The Morgan fingerprint density at radius 1 is 1.00 bits per heavy atom. The lowest BCUT2D eigenvalue weighted by Crippen LogP contribution is -2.50. The van der Waals surface area contributed by atoms with Crippen LogP contribution < -0.4 is 0 Å². The van der Waals surface area contributed by atoms with Crippen LogP contribution in [-0.2, 0) is 0 Å². The summed E-state index contributed by atoms with van der Waals surface area (Å²) < 4.78 is 10.3. The normalized spacial score (nSPS) is 15.3. The van der Waals surface area contributed by atoms with Gasteiger partial charge in [0, 0.05) is 26.2 Å². The standard InChI is InChI=1S/C15H16N2O4/c1-11-2-3-13(21-11)15(19)17-7-5-16(6-8-17)14(18)12-4-9-20-10-12/h2-4,9-10H,5-8H2,1H3. The van der Waals surface area contributed by atoms with E-state index in [4.69, 9.17) is 8.83 Å². The highest BCUT2D eigenvalue weighted by Crippen LogP contribution is 2.13. The van der Waals surface area contributed by atoms with Crippen molar-refractivity contribution in [3.8, 4) is 0 Å². The number of amides is 2. The Kier molecular flexibility index (Phi) is 3.51. The zero-order valence-electron chi connectivity index (χ0n) is 11.7. The van der Waals surface area contributed by atoms with E-state index < -0.39 is 0 Å². The Balaban J connectivity index is 1.60. The molecule has 6 heteroatoms. The highest BCUT2D eigenvalue weighted by Gasteiger charge is 2.27. The van der Waals surface area contributed by atoms with E-state index in [1.54, 1.807) is 34.9 Å². The first-order valence-electron chi connectivity index (χ1n) is 6.82. The Hall–Kier alpha value is -2.50. The number of carbonyl (C=O) groups is 2. The number of piperazine rings is 1. The van der Waals surface area contributed by atoms with Gasteiger partial charge in [0.15, 0.2) is 5.76 Å². The van der Waals surface area contributed by atoms with Gasteiger partial charge in [-0.15, -0.1) is 0 Å². The number of hydrogen-bond donors (Lipinski definition) is 0. The minimum atomic E-state index is -0.126. The van der Waals surface area contributed by atoms with Crippen molar-refractivity contribution in [1.29, 1.82) is 0 Å². The molecule has 0 N–H and O–H groups in total. The quantitative estimate of drug-likeness (QED) is 0.844. The Labute approximate surface area is 121 Å². The van der Waals surface area contributed by atoms with E-state index in [0.717, 1.165) is 0 Å². The Bertz CT molecular complexity index is 636. The Morgan fingerprint density at radius 2 is 1.67 bits per heavy atom. The van der Waals surface area contributed by atoms with Crippen LogP contribution in [0.1, 0.15) is 26.7 Å². The van der Waals surface area contributed by atoms with Gasteiger partial charge in [-0.1, -0.05) is 0 Å². The van der Waals surface area contributed by atoms with Crippen LogP contribution in [0.2, 0.25) is 0 Å². The average molecular weight is 288 g/mol. The molecule has 0 atom stereocenters. The van der Waals surface area contributed by atoms with Crippen molar-refractivity contribution >= 4 is 11.8 Å². The second-order valence-electron chi connectivity index (χ2n) is 5.01. The van der Waals surface area contributed by atoms with Crippen molar-refractivity contribution in [2.75, 3.05) is 26.2 Å². The SMILES string of the molecule is Cc1ccc(C(=O)N2CCN(C(=O)c3ccoc3)CC2)o1. The molecule has 0 aliphatic carbocycles. The van der Waals surface area contributed by atoms with Crippen LogP contribution in [-0.4, -0.2) is 47.8 Å². The number of carbonyl (C=O) groups excluding carboxylic acids is 2. The number of nitrogens with zero attached hydrogens (tertiary/aromatic N) is 2. The number of hydrogen-bond acceptors (Lipinski definition) is 4. The van der Waals surface area contributed by atoms with Gasteiger partial charge in [-0.25, -0.2) is 0 Å². The maximum Gasteiger partial charge on any atom is 0.289 e. The van der Waals surface area contributed by atoms with Gasteiger partial charge in [-0.05, 0) is 25.1 Å². The van der Waals surface area contributed by atoms with E-state index in [-0.39, 0.29) is 11.8 Å². The lowest BCUT2D eigenvalue weighted by atomic mass is 10.2. The smallest absolute Gasteiger partial charge is 0.289 e. The maximum absolute atomic E-state index is 12.2. The molecule has 21 heavy (non-hydrogen) atoms. The molecule has 1 fully saturated rings. The van der Waals surface area contributed by atoms with E-state index in [1.807, 2.05) is 0 Å². The number of rotatable bonds is 2. The summed E-state index contributed by atoms with van der Waals surface area (Å²) in [6, 6.07) is 5.10. The maximum atomic E-state index is 12.2. The molecule has 3 heterocycles. The van der Waals surface area contributed by atoms with Crippen LogP contribution in [0, 0.1) is 6.92 Å². The molecule has 0 radical (unpaired) electrons. The summed E-state index contributed by atoms with van der Waals surface area (Å²) in [5, 5.41) is 0. The number of furan rings is 2. The summed E-state index contributed by atoms with van der Waals surface area (Å²) in [4.78, 5) is 27.8. The van der Waals surface area contributed by atoms with E-state index in [0.29, 0.717) is 43.3 Å². The Morgan fingerprint density at radius 3 is 2.19 bits per heavy atom. The minimum absolute atomic E-state index is 0.0651. The van der Waals surface area contributed by atoms with Crippen molar-refractivity contribution in [2.45, 2.75) is 6.92 Å². The van der Waals surface area contributed by atoms with Crippen molar-refractivity contribution in [3.05, 3.63) is 47.8 Å². The topological polar surface area (TPSA) is 66.9 Å². The summed E-state index contributed by atoms with van der Waals surface area (Å²) in [7, 11) is 0. The second kappa shape index (κ2) is 5.47. The predicted molar refractivity (Wildman–Crippen MR) is 74.0 cm³/mol.